The van der Waals surface area contributed by atoms with Gasteiger partial charge in [0.1, 0.15) is 0 Å². The fourth-order valence-corrected chi connectivity index (χ4v) is 2.69. The van der Waals surface area contributed by atoms with E-state index in [4.69, 9.17) is 0 Å². The van der Waals surface area contributed by atoms with Gasteiger partial charge in [-0.05, 0) is 23.8 Å². The van der Waals surface area contributed by atoms with E-state index in [2.05, 4.69) is 20.9 Å². The number of fused-ring (bicyclic) bond motifs is 1. The second-order valence-electron chi connectivity index (χ2n) is 4.62. The molecule has 0 aliphatic rings. The van der Waals surface area contributed by atoms with E-state index in [0.29, 0.717) is 12.0 Å². The number of ketones is 1. The number of aromatic nitrogens is 1. The molecule has 1 aromatic heterocycles. The Bertz CT molecular complexity index is 783. The molecule has 0 fully saturated rings. The SMILES string of the molecule is O=C(Cc1cnc2ccccc2c1)c1ccccc1Br. The Kier molecular flexibility index (Phi) is 3.61. The third kappa shape index (κ3) is 2.63. The third-order valence-corrected chi connectivity index (χ3v) is 3.88. The van der Waals surface area contributed by atoms with Gasteiger partial charge in [-0.25, -0.2) is 0 Å². The lowest BCUT2D eigenvalue weighted by atomic mass is 10.0. The van der Waals surface area contributed by atoms with Gasteiger partial charge in [0.05, 0.1) is 5.52 Å². The predicted molar refractivity (Wildman–Crippen MR) is 83.9 cm³/mol. The lowest BCUT2D eigenvalue weighted by molar-refractivity contribution is 0.0992. The van der Waals surface area contributed by atoms with Gasteiger partial charge in [0, 0.05) is 28.0 Å². The maximum absolute atomic E-state index is 12.3. The number of carbonyl (C=O) groups is 1. The summed E-state index contributed by atoms with van der Waals surface area (Å²) in [6.45, 7) is 0. The minimum Gasteiger partial charge on any atom is -0.294 e. The number of benzene rings is 2. The Morgan fingerprint density at radius 1 is 1.05 bits per heavy atom. The summed E-state index contributed by atoms with van der Waals surface area (Å²) in [7, 11) is 0. The topological polar surface area (TPSA) is 30.0 Å². The molecular weight excluding hydrogens is 314 g/mol. The van der Waals surface area contributed by atoms with Crippen LogP contribution >= 0.6 is 15.9 Å². The van der Waals surface area contributed by atoms with Gasteiger partial charge in [-0.2, -0.15) is 0 Å². The quantitative estimate of drug-likeness (QED) is 0.667. The number of para-hydroxylation sites is 1. The molecule has 1 heterocycles. The van der Waals surface area contributed by atoms with Crippen LogP contribution in [0.3, 0.4) is 0 Å². The summed E-state index contributed by atoms with van der Waals surface area (Å²) in [5, 5.41) is 1.06. The van der Waals surface area contributed by atoms with Crippen molar-refractivity contribution in [2.24, 2.45) is 0 Å². The van der Waals surface area contributed by atoms with Crippen molar-refractivity contribution in [3.05, 3.63) is 76.4 Å². The predicted octanol–water partition coefficient (Wildman–Crippen LogP) is 4.42. The van der Waals surface area contributed by atoms with Crippen LogP contribution in [0.4, 0.5) is 0 Å². The molecule has 0 amide bonds. The maximum Gasteiger partial charge on any atom is 0.168 e. The van der Waals surface area contributed by atoms with Gasteiger partial charge >= 0.3 is 0 Å². The number of rotatable bonds is 3. The molecule has 0 atom stereocenters. The fourth-order valence-electron chi connectivity index (χ4n) is 2.18. The zero-order chi connectivity index (χ0) is 13.9. The summed E-state index contributed by atoms with van der Waals surface area (Å²) in [6, 6.07) is 17.4. The molecule has 0 saturated carbocycles. The van der Waals surface area contributed by atoms with E-state index in [0.717, 1.165) is 20.9 Å². The maximum atomic E-state index is 12.3. The first kappa shape index (κ1) is 13.0. The van der Waals surface area contributed by atoms with Crippen molar-refractivity contribution in [2.75, 3.05) is 0 Å². The van der Waals surface area contributed by atoms with Crippen LogP contribution in [0.25, 0.3) is 10.9 Å². The second kappa shape index (κ2) is 5.55. The fraction of sp³-hybridized carbons (Fsp3) is 0.0588. The van der Waals surface area contributed by atoms with Crippen LogP contribution in [-0.4, -0.2) is 10.8 Å². The zero-order valence-electron chi connectivity index (χ0n) is 10.7. The summed E-state index contributed by atoms with van der Waals surface area (Å²) in [6.07, 6.45) is 2.14. The molecule has 2 aromatic carbocycles. The first-order chi connectivity index (χ1) is 9.74. The number of hydrogen-bond acceptors (Lipinski definition) is 2. The van der Waals surface area contributed by atoms with Gasteiger partial charge in [0.2, 0.25) is 0 Å². The van der Waals surface area contributed by atoms with E-state index >= 15 is 0 Å². The largest absolute Gasteiger partial charge is 0.294 e. The van der Waals surface area contributed by atoms with Crippen molar-refractivity contribution >= 4 is 32.6 Å². The number of carbonyl (C=O) groups excluding carboxylic acids is 1. The van der Waals surface area contributed by atoms with Crippen molar-refractivity contribution in [1.82, 2.24) is 4.98 Å². The molecule has 3 heteroatoms. The molecule has 20 heavy (non-hydrogen) atoms. The smallest absolute Gasteiger partial charge is 0.168 e. The van der Waals surface area contributed by atoms with Crippen molar-refractivity contribution in [3.8, 4) is 0 Å². The monoisotopic (exact) mass is 325 g/mol. The van der Waals surface area contributed by atoms with Crippen LogP contribution in [0.1, 0.15) is 15.9 Å². The van der Waals surface area contributed by atoms with Gasteiger partial charge in [0.15, 0.2) is 5.78 Å². The van der Waals surface area contributed by atoms with Gasteiger partial charge in [-0.15, -0.1) is 0 Å². The highest BCUT2D eigenvalue weighted by Crippen LogP contribution is 2.19. The molecule has 3 rings (SSSR count). The summed E-state index contributed by atoms with van der Waals surface area (Å²) >= 11 is 3.41. The molecule has 0 radical (unpaired) electrons. The van der Waals surface area contributed by atoms with Crippen LogP contribution in [0.5, 0.6) is 0 Å². The molecule has 0 spiro atoms. The number of halogens is 1. The van der Waals surface area contributed by atoms with Crippen LogP contribution in [0, 0.1) is 0 Å². The van der Waals surface area contributed by atoms with Crippen molar-refractivity contribution < 1.29 is 4.79 Å². The Balaban J connectivity index is 1.89. The average molecular weight is 326 g/mol. The second-order valence-corrected chi connectivity index (χ2v) is 5.47. The van der Waals surface area contributed by atoms with Gasteiger partial charge in [-0.1, -0.05) is 52.3 Å². The lowest BCUT2D eigenvalue weighted by Gasteiger charge is -2.05. The Labute approximate surface area is 125 Å². The normalized spacial score (nSPS) is 10.7. The zero-order valence-corrected chi connectivity index (χ0v) is 12.3. The first-order valence-corrected chi connectivity index (χ1v) is 7.15. The van der Waals surface area contributed by atoms with Crippen LogP contribution in [0.15, 0.2) is 65.3 Å². The summed E-state index contributed by atoms with van der Waals surface area (Å²) in [5.41, 5.74) is 2.59. The molecule has 0 saturated heterocycles. The summed E-state index contributed by atoms with van der Waals surface area (Å²) < 4.78 is 0.832. The van der Waals surface area contributed by atoms with E-state index in [1.807, 2.05) is 54.6 Å². The summed E-state index contributed by atoms with van der Waals surface area (Å²) in [5.74, 6) is 0.0922. The molecular formula is C17H12BrNO. The van der Waals surface area contributed by atoms with E-state index < -0.39 is 0 Å². The third-order valence-electron chi connectivity index (χ3n) is 3.19. The average Bonchev–Trinajstić information content (AvgIpc) is 2.47. The number of hydrogen-bond donors (Lipinski definition) is 0. The van der Waals surface area contributed by atoms with Crippen LogP contribution < -0.4 is 0 Å². The van der Waals surface area contributed by atoms with Gasteiger partial charge in [0.25, 0.3) is 0 Å². The first-order valence-electron chi connectivity index (χ1n) is 6.35. The Morgan fingerprint density at radius 2 is 1.80 bits per heavy atom. The Morgan fingerprint density at radius 3 is 2.65 bits per heavy atom. The molecule has 0 aliphatic carbocycles. The molecule has 0 N–H and O–H groups in total. The minimum absolute atomic E-state index is 0.0922. The number of Topliss-reactive ketones (excluding diaryl/α,β-unsaturated/α-hetero) is 1. The molecule has 0 aliphatic heterocycles. The van der Waals surface area contributed by atoms with Crippen molar-refractivity contribution in [2.45, 2.75) is 6.42 Å². The van der Waals surface area contributed by atoms with Crippen molar-refractivity contribution in [1.29, 1.82) is 0 Å². The van der Waals surface area contributed by atoms with E-state index in [9.17, 15) is 4.79 Å². The molecule has 3 aromatic rings. The van der Waals surface area contributed by atoms with E-state index in [1.54, 1.807) is 6.20 Å². The number of nitrogens with zero attached hydrogens (tertiary/aromatic N) is 1. The van der Waals surface area contributed by atoms with Crippen LogP contribution in [0.2, 0.25) is 0 Å². The number of pyridine rings is 1. The standard InChI is InChI=1S/C17H12BrNO/c18-15-7-3-2-6-14(15)17(20)10-12-9-13-5-1-4-8-16(13)19-11-12/h1-9,11H,10H2. The van der Waals surface area contributed by atoms with Gasteiger partial charge in [-0.3, -0.25) is 9.78 Å². The highest BCUT2D eigenvalue weighted by Gasteiger charge is 2.10. The van der Waals surface area contributed by atoms with Gasteiger partial charge < -0.3 is 0 Å². The van der Waals surface area contributed by atoms with E-state index in [-0.39, 0.29) is 5.78 Å². The van der Waals surface area contributed by atoms with E-state index in [1.165, 1.54) is 0 Å². The minimum atomic E-state index is 0.0922. The van der Waals surface area contributed by atoms with Crippen LogP contribution in [-0.2, 0) is 6.42 Å². The highest BCUT2D eigenvalue weighted by molar-refractivity contribution is 9.10. The lowest BCUT2D eigenvalue weighted by Crippen LogP contribution is -2.04. The molecule has 0 bridgehead atoms. The Hall–Kier alpha value is -2.00. The molecule has 98 valence electrons. The summed E-state index contributed by atoms with van der Waals surface area (Å²) in [4.78, 5) is 16.7. The molecule has 0 unspecified atom stereocenters. The molecule has 2 nitrogen and oxygen atoms in total. The van der Waals surface area contributed by atoms with Crippen molar-refractivity contribution in [3.63, 3.8) is 0 Å². The highest BCUT2D eigenvalue weighted by atomic mass is 79.9.